The van der Waals surface area contributed by atoms with Crippen molar-refractivity contribution in [3.63, 3.8) is 0 Å². The van der Waals surface area contributed by atoms with Gasteiger partial charge in [0.25, 0.3) is 5.91 Å². The van der Waals surface area contributed by atoms with Gasteiger partial charge in [-0.1, -0.05) is 37.3 Å². The average molecular weight is 438 g/mol. The van der Waals surface area contributed by atoms with E-state index in [1.54, 1.807) is 13.0 Å². The molecule has 2 aromatic carbocycles. The van der Waals surface area contributed by atoms with Gasteiger partial charge in [-0.2, -0.15) is 0 Å². The molecule has 0 unspecified atom stereocenters. The zero-order valence-corrected chi connectivity index (χ0v) is 19.4. The monoisotopic (exact) mass is 437 g/mol. The van der Waals surface area contributed by atoms with E-state index in [-0.39, 0.29) is 18.4 Å². The van der Waals surface area contributed by atoms with Crippen molar-refractivity contribution in [3.05, 3.63) is 64.7 Å². The predicted octanol–water partition coefficient (Wildman–Crippen LogP) is 3.61. The third-order valence-electron chi connectivity index (χ3n) is 6.39. The van der Waals surface area contributed by atoms with Crippen LogP contribution in [0, 0.1) is 6.92 Å². The van der Waals surface area contributed by atoms with Crippen LogP contribution in [0.3, 0.4) is 0 Å². The molecule has 0 atom stereocenters. The highest BCUT2D eigenvalue weighted by molar-refractivity contribution is 5.97. The lowest BCUT2D eigenvalue weighted by Crippen LogP contribution is -2.46. The van der Waals surface area contributed by atoms with Gasteiger partial charge in [0.05, 0.1) is 6.61 Å². The van der Waals surface area contributed by atoms with Crippen molar-refractivity contribution in [3.8, 4) is 0 Å². The van der Waals surface area contributed by atoms with Crippen LogP contribution >= 0.6 is 0 Å². The summed E-state index contributed by atoms with van der Waals surface area (Å²) in [5.41, 5.74) is 3.88. The number of amides is 2. The molecule has 0 bridgehead atoms. The Bertz CT molecular complexity index is 921. The fraction of sp³-hybridized carbons (Fsp3) is 0.462. The molecule has 3 rings (SSSR count). The van der Waals surface area contributed by atoms with Crippen molar-refractivity contribution in [2.45, 2.75) is 52.2 Å². The van der Waals surface area contributed by atoms with E-state index in [1.165, 1.54) is 5.56 Å². The van der Waals surface area contributed by atoms with Gasteiger partial charge in [0.2, 0.25) is 5.91 Å². The number of anilines is 1. The Hall–Kier alpha value is -2.70. The lowest BCUT2D eigenvalue weighted by atomic mass is 9.99. The Morgan fingerprint density at radius 2 is 1.84 bits per heavy atom. The van der Waals surface area contributed by atoms with Crippen LogP contribution in [-0.4, -0.2) is 59.4 Å². The topological polar surface area (TPSA) is 72.9 Å². The van der Waals surface area contributed by atoms with Crippen LogP contribution in [0.1, 0.15) is 53.2 Å². The Kier molecular flexibility index (Phi) is 8.42. The summed E-state index contributed by atoms with van der Waals surface area (Å²) in [6.45, 7) is 5.86. The Morgan fingerprint density at radius 3 is 2.47 bits per heavy atom. The van der Waals surface area contributed by atoms with Gasteiger partial charge < -0.3 is 20.2 Å². The minimum Gasteiger partial charge on any atom is -0.392 e. The molecule has 1 fully saturated rings. The molecular formula is C26H35N3O3. The maximum absolute atomic E-state index is 13.1. The molecule has 1 aliphatic rings. The largest absolute Gasteiger partial charge is 0.392 e. The first kappa shape index (κ1) is 24.0. The Labute approximate surface area is 191 Å². The number of aliphatic hydroxyl groups excluding tert-OH is 1. The van der Waals surface area contributed by atoms with Gasteiger partial charge in [0.15, 0.2) is 0 Å². The molecule has 0 aliphatic carbocycles. The minimum atomic E-state index is -0.227. The lowest BCUT2D eigenvalue weighted by molar-refractivity contribution is -0.115. The lowest BCUT2D eigenvalue weighted by Gasteiger charge is -2.37. The van der Waals surface area contributed by atoms with Gasteiger partial charge in [-0.15, -0.1) is 0 Å². The van der Waals surface area contributed by atoms with Crippen LogP contribution in [0.2, 0.25) is 0 Å². The van der Waals surface area contributed by atoms with Crippen molar-refractivity contribution in [2.75, 3.05) is 32.0 Å². The summed E-state index contributed by atoms with van der Waals surface area (Å²) in [5.74, 6) is -0.123. The van der Waals surface area contributed by atoms with E-state index in [0.717, 1.165) is 44.5 Å². The second-order valence-corrected chi connectivity index (χ2v) is 8.63. The SMILES string of the molecule is CCC(=O)Nc1c(C)cc(C(=O)N2CCC(N(C)CCc3ccccc3)CC2)cc1CO. The van der Waals surface area contributed by atoms with Crippen molar-refractivity contribution >= 4 is 17.5 Å². The second-order valence-electron chi connectivity index (χ2n) is 8.63. The number of hydrogen-bond acceptors (Lipinski definition) is 4. The summed E-state index contributed by atoms with van der Waals surface area (Å²) in [6, 6.07) is 14.5. The molecular weight excluding hydrogens is 402 g/mol. The fourth-order valence-electron chi connectivity index (χ4n) is 4.34. The number of nitrogens with one attached hydrogen (secondary N) is 1. The highest BCUT2D eigenvalue weighted by Crippen LogP contribution is 2.25. The van der Waals surface area contributed by atoms with E-state index in [4.69, 9.17) is 0 Å². The highest BCUT2D eigenvalue weighted by Gasteiger charge is 2.26. The quantitative estimate of drug-likeness (QED) is 0.662. The number of carbonyl (C=O) groups excluding carboxylic acids is 2. The molecule has 1 heterocycles. The smallest absolute Gasteiger partial charge is 0.253 e. The number of piperidine rings is 1. The Balaban J connectivity index is 1.58. The number of likely N-dealkylation sites (tertiary alicyclic amines) is 1. The molecule has 0 radical (unpaired) electrons. The normalized spacial score (nSPS) is 14.6. The van der Waals surface area contributed by atoms with Crippen LogP contribution < -0.4 is 5.32 Å². The molecule has 2 N–H and O–H groups in total. The Morgan fingerprint density at radius 1 is 1.16 bits per heavy atom. The summed E-state index contributed by atoms with van der Waals surface area (Å²) in [5, 5.41) is 12.6. The molecule has 2 aromatic rings. The summed E-state index contributed by atoms with van der Waals surface area (Å²) in [7, 11) is 2.17. The third kappa shape index (κ3) is 5.96. The molecule has 1 saturated heterocycles. The second kappa shape index (κ2) is 11.2. The van der Waals surface area contributed by atoms with E-state index >= 15 is 0 Å². The zero-order chi connectivity index (χ0) is 23.1. The van der Waals surface area contributed by atoms with Crippen molar-refractivity contribution < 1.29 is 14.7 Å². The van der Waals surface area contributed by atoms with E-state index < -0.39 is 0 Å². The maximum atomic E-state index is 13.1. The van der Waals surface area contributed by atoms with E-state index in [2.05, 4.69) is 41.5 Å². The predicted molar refractivity (Wildman–Crippen MR) is 128 cm³/mol. The first-order valence-electron chi connectivity index (χ1n) is 11.5. The van der Waals surface area contributed by atoms with Crippen molar-refractivity contribution in [2.24, 2.45) is 0 Å². The summed E-state index contributed by atoms with van der Waals surface area (Å²) < 4.78 is 0. The number of benzene rings is 2. The third-order valence-corrected chi connectivity index (χ3v) is 6.39. The van der Waals surface area contributed by atoms with E-state index in [1.807, 2.05) is 24.0 Å². The zero-order valence-electron chi connectivity index (χ0n) is 19.4. The number of rotatable bonds is 8. The molecule has 6 nitrogen and oxygen atoms in total. The first-order chi connectivity index (χ1) is 15.4. The number of likely N-dealkylation sites (N-methyl/N-ethyl adjacent to an activating group) is 1. The van der Waals surface area contributed by atoms with Crippen LogP contribution in [0.15, 0.2) is 42.5 Å². The molecule has 2 amide bonds. The van der Waals surface area contributed by atoms with Crippen LogP contribution in [0.5, 0.6) is 0 Å². The number of carbonyl (C=O) groups is 2. The minimum absolute atomic E-state index is 0.0124. The summed E-state index contributed by atoms with van der Waals surface area (Å²) in [4.78, 5) is 29.3. The number of nitrogens with zero attached hydrogens (tertiary/aromatic N) is 2. The van der Waals surface area contributed by atoms with Crippen molar-refractivity contribution in [1.29, 1.82) is 0 Å². The molecule has 172 valence electrons. The van der Waals surface area contributed by atoms with Gasteiger partial charge in [-0.05, 0) is 56.5 Å². The molecule has 32 heavy (non-hydrogen) atoms. The van der Waals surface area contributed by atoms with Gasteiger partial charge >= 0.3 is 0 Å². The van der Waals surface area contributed by atoms with Crippen LogP contribution in [0.4, 0.5) is 5.69 Å². The molecule has 0 spiro atoms. The molecule has 1 aliphatic heterocycles. The van der Waals surface area contributed by atoms with Crippen LogP contribution in [-0.2, 0) is 17.8 Å². The summed E-state index contributed by atoms with van der Waals surface area (Å²) in [6.07, 6.45) is 3.29. The average Bonchev–Trinajstić information content (AvgIpc) is 2.83. The molecule has 0 aromatic heterocycles. The number of aliphatic hydroxyl groups is 1. The number of aryl methyl sites for hydroxylation is 1. The fourth-order valence-corrected chi connectivity index (χ4v) is 4.34. The van der Waals surface area contributed by atoms with E-state index in [0.29, 0.717) is 29.3 Å². The van der Waals surface area contributed by atoms with Gasteiger partial charge in [0.1, 0.15) is 0 Å². The standard InChI is InChI=1S/C26H35N3O3/c1-4-24(31)27-25-19(2)16-21(17-22(25)18-30)26(32)29-14-11-23(12-15-29)28(3)13-10-20-8-6-5-7-9-20/h5-9,16-17,23,30H,4,10-15,18H2,1-3H3,(H,27,31). The molecule has 6 heteroatoms. The maximum Gasteiger partial charge on any atom is 0.253 e. The summed E-state index contributed by atoms with van der Waals surface area (Å²) >= 11 is 0. The molecule has 0 saturated carbocycles. The van der Waals surface area contributed by atoms with Gasteiger partial charge in [0, 0.05) is 48.9 Å². The first-order valence-corrected chi connectivity index (χ1v) is 11.5. The number of hydrogen-bond donors (Lipinski definition) is 2. The highest BCUT2D eigenvalue weighted by atomic mass is 16.3. The van der Waals surface area contributed by atoms with Gasteiger partial charge in [-0.25, -0.2) is 0 Å². The van der Waals surface area contributed by atoms with Gasteiger partial charge in [-0.3, -0.25) is 9.59 Å². The van der Waals surface area contributed by atoms with Crippen LogP contribution in [0.25, 0.3) is 0 Å². The van der Waals surface area contributed by atoms with E-state index in [9.17, 15) is 14.7 Å². The van der Waals surface area contributed by atoms with Crippen molar-refractivity contribution in [1.82, 2.24) is 9.80 Å².